The summed E-state index contributed by atoms with van der Waals surface area (Å²) >= 11 is 0. The van der Waals surface area contributed by atoms with E-state index >= 15 is 0 Å². The zero-order chi connectivity index (χ0) is 20.5. The number of nitrogens with one attached hydrogen (secondary N) is 2. The summed E-state index contributed by atoms with van der Waals surface area (Å²) in [5.41, 5.74) is 3.25. The number of likely N-dealkylation sites (N-methyl/N-ethyl adjacent to an activating group) is 1. The van der Waals surface area contributed by atoms with E-state index in [9.17, 15) is 0 Å². The van der Waals surface area contributed by atoms with E-state index in [0.29, 0.717) is 13.2 Å². The average molecular weight is 393 g/mol. The van der Waals surface area contributed by atoms with Crippen molar-refractivity contribution >= 4 is 5.96 Å². The summed E-state index contributed by atoms with van der Waals surface area (Å²) in [6, 6.07) is 16.2. The van der Waals surface area contributed by atoms with Crippen molar-refractivity contribution in [3.63, 3.8) is 0 Å². The number of ether oxygens (including phenoxy) is 1. The topological polar surface area (TPSA) is 78.4 Å². The Bertz CT molecular complexity index is 923. The first-order valence-corrected chi connectivity index (χ1v) is 9.80. The average Bonchev–Trinajstić information content (AvgIpc) is 3.27. The van der Waals surface area contributed by atoms with E-state index in [1.165, 1.54) is 6.33 Å². The highest BCUT2D eigenvalue weighted by Gasteiger charge is 2.07. The summed E-state index contributed by atoms with van der Waals surface area (Å²) in [6.45, 7) is 6.83. The molecule has 3 rings (SSSR count). The lowest BCUT2D eigenvalue weighted by molar-refractivity contribution is 0.280. The summed E-state index contributed by atoms with van der Waals surface area (Å²) in [4.78, 5) is 11.1. The Hall–Kier alpha value is -3.35. The number of nitrogens with zero attached hydrogens (tertiary/aromatic N) is 4. The number of hydrogen-bond donors (Lipinski definition) is 2. The van der Waals surface area contributed by atoms with Gasteiger partial charge < -0.3 is 15.0 Å². The van der Waals surface area contributed by atoms with Crippen LogP contribution in [0.3, 0.4) is 0 Å². The number of aromatic nitrogens is 3. The minimum absolute atomic E-state index is 0.577. The molecule has 2 aromatic carbocycles. The molecule has 0 saturated heterocycles. The predicted octanol–water partition coefficient (Wildman–Crippen LogP) is 3.26. The molecule has 0 saturated carbocycles. The maximum atomic E-state index is 5.91. The summed E-state index contributed by atoms with van der Waals surface area (Å²) in [5.74, 6) is 2.53. The number of rotatable bonds is 8. The molecule has 0 aliphatic heterocycles. The fourth-order valence-electron chi connectivity index (χ4n) is 2.91. The molecule has 152 valence electrons. The molecule has 29 heavy (non-hydrogen) atoms. The monoisotopic (exact) mass is 392 g/mol. The van der Waals surface area contributed by atoms with Crippen molar-refractivity contribution in [2.75, 3.05) is 26.7 Å². The van der Waals surface area contributed by atoms with Crippen molar-refractivity contribution in [1.29, 1.82) is 0 Å². The zero-order valence-corrected chi connectivity index (χ0v) is 17.2. The molecule has 0 bridgehead atoms. The first-order valence-electron chi connectivity index (χ1n) is 9.80. The molecule has 0 amide bonds. The van der Waals surface area contributed by atoms with Crippen LogP contribution in [0.1, 0.15) is 18.1 Å². The maximum Gasteiger partial charge on any atom is 0.194 e. The predicted molar refractivity (Wildman–Crippen MR) is 116 cm³/mol. The molecule has 0 radical (unpaired) electrons. The van der Waals surface area contributed by atoms with Crippen LogP contribution in [0.5, 0.6) is 5.75 Å². The number of benzene rings is 2. The van der Waals surface area contributed by atoms with Gasteiger partial charge in [0.15, 0.2) is 11.8 Å². The number of para-hydroxylation sites is 1. The summed E-state index contributed by atoms with van der Waals surface area (Å²) in [6.07, 6.45) is 1.51. The van der Waals surface area contributed by atoms with Gasteiger partial charge in [0.05, 0.1) is 13.1 Å². The number of aromatic amines is 1. The smallest absolute Gasteiger partial charge is 0.194 e. The van der Waals surface area contributed by atoms with E-state index < -0.39 is 0 Å². The lowest BCUT2D eigenvalue weighted by Gasteiger charge is -2.22. The Morgan fingerprint density at radius 3 is 2.83 bits per heavy atom. The fraction of sp³-hybridized carbons (Fsp3) is 0.318. The van der Waals surface area contributed by atoms with Gasteiger partial charge in [-0.2, -0.15) is 5.10 Å². The van der Waals surface area contributed by atoms with Crippen molar-refractivity contribution in [3.05, 3.63) is 66.0 Å². The molecule has 0 aliphatic rings. The number of aliphatic imine (C=N–C) groups is 1. The van der Waals surface area contributed by atoms with Crippen molar-refractivity contribution in [2.45, 2.75) is 20.4 Å². The normalized spacial score (nSPS) is 11.3. The SMILES string of the molecule is CCNC(=NCc1cccc(-c2ncn[nH]2)c1)N(C)CCOc1ccccc1C. The van der Waals surface area contributed by atoms with Gasteiger partial charge in [-0.05, 0) is 37.1 Å². The molecule has 0 unspecified atom stereocenters. The minimum Gasteiger partial charge on any atom is -0.491 e. The van der Waals surface area contributed by atoms with Gasteiger partial charge in [0.1, 0.15) is 18.7 Å². The largest absolute Gasteiger partial charge is 0.491 e. The van der Waals surface area contributed by atoms with Crippen LogP contribution in [-0.4, -0.2) is 52.8 Å². The Kier molecular flexibility index (Phi) is 7.22. The zero-order valence-electron chi connectivity index (χ0n) is 17.2. The van der Waals surface area contributed by atoms with Gasteiger partial charge >= 0.3 is 0 Å². The van der Waals surface area contributed by atoms with Gasteiger partial charge in [0.25, 0.3) is 0 Å². The third kappa shape index (κ3) is 5.81. The van der Waals surface area contributed by atoms with E-state index in [4.69, 9.17) is 9.73 Å². The molecule has 0 aliphatic carbocycles. The highest BCUT2D eigenvalue weighted by Crippen LogP contribution is 2.17. The van der Waals surface area contributed by atoms with Crippen LogP contribution in [0.25, 0.3) is 11.4 Å². The van der Waals surface area contributed by atoms with E-state index in [1.807, 2.05) is 37.4 Å². The Morgan fingerprint density at radius 1 is 1.21 bits per heavy atom. The first-order chi connectivity index (χ1) is 14.2. The summed E-state index contributed by atoms with van der Waals surface area (Å²) < 4.78 is 5.91. The van der Waals surface area contributed by atoms with Crippen LogP contribution in [-0.2, 0) is 6.54 Å². The number of guanidine groups is 1. The van der Waals surface area contributed by atoms with Crippen molar-refractivity contribution in [3.8, 4) is 17.1 Å². The van der Waals surface area contributed by atoms with Gasteiger partial charge in [-0.1, -0.05) is 36.4 Å². The molecule has 2 N–H and O–H groups in total. The molecule has 0 fully saturated rings. The molecule has 1 aromatic heterocycles. The van der Waals surface area contributed by atoms with E-state index in [1.54, 1.807) is 0 Å². The van der Waals surface area contributed by atoms with Crippen LogP contribution in [0.15, 0.2) is 59.9 Å². The standard InChI is InChI=1S/C22H28N6O/c1-4-23-22(28(3)12-13-29-20-11-6-5-8-17(20)2)24-15-18-9-7-10-19(14-18)21-25-16-26-27-21/h5-11,14,16H,4,12-13,15H2,1-3H3,(H,23,24)(H,25,26,27). The Labute approximate surface area is 171 Å². The third-order valence-corrected chi connectivity index (χ3v) is 4.50. The Morgan fingerprint density at radius 2 is 2.07 bits per heavy atom. The summed E-state index contributed by atoms with van der Waals surface area (Å²) in [7, 11) is 2.02. The first kappa shape index (κ1) is 20.4. The van der Waals surface area contributed by atoms with E-state index in [-0.39, 0.29) is 0 Å². The van der Waals surface area contributed by atoms with Gasteiger partial charge in [0.2, 0.25) is 0 Å². The van der Waals surface area contributed by atoms with E-state index in [2.05, 4.69) is 57.4 Å². The van der Waals surface area contributed by atoms with Crippen LogP contribution in [0, 0.1) is 6.92 Å². The maximum absolute atomic E-state index is 5.91. The highest BCUT2D eigenvalue weighted by atomic mass is 16.5. The molecule has 3 aromatic rings. The van der Waals surface area contributed by atoms with Gasteiger partial charge in [-0.15, -0.1) is 0 Å². The van der Waals surface area contributed by atoms with Gasteiger partial charge in [0, 0.05) is 19.2 Å². The second kappa shape index (κ2) is 10.3. The second-order valence-corrected chi connectivity index (χ2v) is 6.74. The molecular formula is C22H28N6O. The number of aryl methyl sites for hydroxylation is 1. The van der Waals surface area contributed by atoms with Crippen LogP contribution < -0.4 is 10.1 Å². The summed E-state index contributed by atoms with van der Waals surface area (Å²) in [5, 5.41) is 10.2. The van der Waals surface area contributed by atoms with Crippen LogP contribution >= 0.6 is 0 Å². The quantitative estimate of drug-likeness (QED) is 0.454. The van der Waals surface area contributed by atoms with Gasteiger partial charge in [-0.25, -0.2) is 9.98 Å². The molecule has 7 heteroatoms. The van der Waals surface area contributed by atoms with Crippen molar-refractivity contribution < 1.29 is 4.74 Å². The number of H-pyrrole nitrogens is 1. The van der Waals surface area contributed by atoms with Gasteiger partial charge in [-0.3, -0.25) is 5.10 Å². The van der Waals surface area contributed by atoms with E-state index in [0.717, 1.165) is 47.3 Å². The van der Waals surface area contributed by atoms with Crippen LogP contribution in [0.4, 0.5) is 0 Å². The lowest BCUT2D eigenvalue weighted by atomic mass is 10.1. The Balaban J connectivity index is 1.60. The van der Waals surface area contributed by atoms with Crippen molar-refractivity contribution in [2.24, 2.45) is 4.99 Å². The molecule has 1 heterocycles. The second-order valence-electron chi connectivity index (χ2n) is 6.74. The third-order valence-electron chi connectivity index (χ3n) is 4.50. The fourth-order valence-corrected chi connectivity index (χ4v) is 2.91. The molecule has 7 nitrogen and oxygen atoms in total. The molecular weight excluding hydrogens is 364 g/mol. The minimum atomic E-state index is 0.577. The molecule has 0 atom stereocenters. The van der Waals surface area contributed by atoms with Crippen molar-refractivity contribution in [1.82, 2.24) is 25.4 Å². The van der Waals surface area contributed by atoms with Crippen LogP contribution in [0.2, 0.25) is 0 Å². The lowest BCUT2D eigenvalue weighted by Crippen LogP contribution is -2.40. The number of hydrogen-bond acceptors (Lipinski definition) is 4. The highest BCUT2D eigenvalue weighted by molar-refractivity contribution is 5.79. The molecule has 0 spiro atoms.